The van der Waals surface area contributed by atoms with E-state index < -0.39 is 24.3 Å². The molecule has 1 amide bonds. The van der Waals surface area contributed by atoms with Crippen LogP contribution in [0.15, 0.2) is 36.1 Å². The zero-order chi connectivity index (χ0) is 27.1. The van der Waals surface area contributed by atoms with Crippen molar-refractivity contribution in [2.24, 2.45) is 4.99 Å². The number of amides is 1. The summed E-state index contributed by atoms with van der Waals surface area (Å²) in [6, 6.07) is -0.0319. The Morgan fingerprint density at radius 3 is 2.67 bits per heavy atom. The third-order valence-corrected chi connectivity index (χ3v) is 8.32. The van der Waals surface area contributed by atoms with Crippen LogP contribution in [0.2, 0.25) is 0 Å². The first-order valence-corrected chi connectivity index (χ1v) is 14.0. The highest BCUT2D eigenvalue weighted by molar-refractivity contribution is 8.14. The maximum absolute atomic E-state index is 13.3. The zero-order valence-electron chi connectivity index (χ0n) is 21.3. The van der Waals surface area contributed by atoms with E-state index in [-0.39, 0.29) is 11.5 Å². The highest BCUT2D eigenvalue weighted by atomic mass is 32.2. The number of thioether (sulfide) groups is 1. The summed E-state index contributed by atoms with van der Waals surface area (Å²) in [5, 5.41) is 10.6. The second-order valence-corrected chi connectivity index (χ2v) is 11.1. The number of hydrogen-bond acceptors (Lipinski definition) is 8. The number of pyridine rings is 1. The Balaban J connectivity index is 1.23. The van der Waals surface area contributed by atoms with Gasteiger partial charge in [-0.25, -0.2) is 15.0 Å². The molecule has 1 unspecified atom stereocenters. The molecule has 0 radical (unpaired) electrons. The van der Waals surface area contributed by atoms with Crippen molar-refractivity contribution in [2.75, 3.05) is 23.7 Å². The fourth-order valence-electron chi connectivity index (χ4n) is 4.84. The lowest BCUT2D eigenvalue weighted by Gasteiger charge is -2.30. The molecule has 0 aromatic carbocycles. The van der Waals surface area contributed by atoms with Gasteiger partial charge in [-0.05, 0) is 45.1 Å². The number of piperidine rings is 1. The van der Waals surface area contributed by atoms with E-state index in [0.717, 1.165) is 73.7 Å². The van der Waals surface area contributed by atoms with Crippen LogP contribution in [0, 0.1) is 0 Å². The molecule has 3 aromatic heterocycles. The van der Waals surface area contributed by atoms with Gasteiger partial charge in [0.2, 0.25) is 0 Å². The third-order valence-electron chi connectivity index (χ3n) is 7.27. The molecule has 1 aliphatic carbocycles. The average molecular weight is 560 g/mol. The number of nitrogens with zero attached hydrogens (tertiary/aromatic N) is 8. The number of nitrogens with one attached hydrogen (secondary N) is 1. The minimum Gasteiger partial charge on any atom is -0.369 e. The molecule has 3 aliphatic rings. The second-order valence-electron chi connectivity index (χ2n) is 10.1. The van der Waals surface area contributed by atoms with Crippen LogP contribution >= 0.6 is 11.8 Å². The number of rotatable bonds is 7. The van der Waals surface area contributed by atoms with Gasteiger partial charge in [-0.3, -0.25) is 9.36 Å². The van der Waals surface area contributed by atoms with Crippen LogP contribution in [-0.2, 0) is 0 Å². The largest absolute Gasteiger partial charge is 0.408 e. The maximum atomic E-state index is 13.3. The standard InChI is InChI=1S/C25H28F3N9OS/c1-15(25(26,27)28)37-14-31-34-22(37)24-33-21(12-39-24)32-23(38)17-9-19(36-11-18(30-13-36)16-5-6-16)20(10-29-17)35-7-3-2-4-8-35/h9-11,13-16,21H,2-8,12H2,1H3,(H,32,38)/t15-,21?/m0/s1. The number of aromatic nitrogens is 6. The molecule has 0 spiro atoms. The SMILES string of the molecule is C[C@H](n1cnnc1C1=NC(NC(=O)c2cc(-n3cnc(C4CC4)c3)c(N3CCCCC3)cn2)CS1)C(F)(F)F. The van der Waals surface area contributed by atoms with E-state index in [4.69, 9.17) is 0 Å². The van der Waals surface area contributed by atoms with E-state index in [9.17, 15) is 18.0 Å². The van der Waals surface area contributed by atoms with Crippen LogP contribution in [0.5, 0.6) is 0 Å². The number of anilines is 1. The van der Waals surface area contributed by atoms with E-state index in [2.05, 4.69) is 35.4 Å². The molecule has 0 bridgehead atoms. The Morgan fingerprint density at radius 1 is 1.13 bits per heavy atom. The molecule has 14 heteroatoms. The van der Waals surface area contributed by atoms with E-state index in [0.29, 0.717) is 16.7 Å². The third kappa shape index (κ3) is 5.38. The lowest BCUT2D eigenvalue weighted by Crippen LogP contribution is -2.35. The zero-order valence-corrected chi connectivity index (χ0v) is 22.1. The van der Waals surface area contributed by atoms with Crippen LogP contribution in [0.4, 0.5) is 18.9 Å². The van der Waals surface area contributed by atoms with E-state index in [1.165, 1.54) is 18.2 Å². The molecule has 2 fully saturated rings. The number of hydrogen-bond donors (Lipinski definition) is 1. The smallest absolute Gasteiger partial charge is 0.369 e. The summed E-state index contributed by atoms with van der Waals surface area (Å²) in [5.74, 6) is 0.481. The first kappa shape index (κ1) is 25.8. The first-order valence-electron chi connectivity index (χ1n) is 13.0. The minimum absolute atomic E-state index is 0.0273. The van der Waals surface area contributed by atoms with E-state index >= 15 is 0 Å². The Bertz CT molecular complexity index is 1390. The van der Waals surface area contributed by atoms with Gasteiger partial charge in [0, 0.05) is 31.0 Å². The number of imidazole rings is 1. The van der Waals surface area contributed by atoms with Crippen molar-refractivity contribution in [3.05, 3.63) is 48.3 Å². The molecule has 6 rings (SSSR count). The monoisotopic (exact) mass is 559 g/mol. The summed E-state index contributed by atoms with van der Waals surface area (Å²) < 4.78 is 42.7. The van der Waals surface area contributed by atoms with Crippen LogP contribution in [-0.4, -0.2) is 71.4 Å². The van der Waals surface area contributed by atoms with Gasteiger partial charge in [-0.1, -0.05) is 11.8 Å². The van der Waals surface area contributed by atoms with Crippen LogP contribution in [0.3, 0.4) is 0 Å². The molecule has 1 N–H and O–H groups in total. The van der Waals surface area contributed by atoms with E-state index in [1.807, 2.05) is 10.8 Å². The summed E-state index contributed by atoms with van der Waals surface area (Å²) in [5.41, 5.74) is 3.09. The number of aliphatic imine (C=N–C) groups is 1. The lowest BCUT2D eigenvalue weighted by atomic mass is 10.1. The van der Waals surface area contributed by atoms with Crippen molar-refractivity contribution in [3.8, 4) is 5.69 Å². The summed E-state index contributed by atoms with van der Waals surface area (Å²) >= 11 is 1.23. The summed E-state index contributed by atoms with van der Waals surface area (Å²) in [7, 11) is 0. The number of halogens is 3. The Labute approximate surface area is 227 Å². The predicted molar refractivity (Wildman–Crippen MR) is 140 cm³/mol. The molecule has 1 saturated heterocycles. The molecule has 3 aromatic rings. The van der Waals surface area contributed by atoms with Crippen molar-refractivity contribution in [1.29, 1.82) is 0 Å². The first-order chi connectivity index (χ1) is 18.8. The van der Waals surface area contributed by atoms with Gasteiger partial charge in [0.05, 0.1) is 29.6 Å². The van der Waals surface area contributed by atoms with Gasteiger partial charge < -0.3 is 14.8 Å². The predicted octanol–water partition coefficient (Wildman–Crippen LogP) is 4.10. The Morgan fingerprint density at radius 2 is 1.92 bits per heavy atom. The summed E-state index contributed by atoms with van der Waals surface area (Å²) in [4.78, 5) is 29.0. The highest BCUT2D eigenvalue weighted by Crippen LogP contribution is 2.39. The van der Waals surface area contributed by atoms with E-state index in [1.54, 1.807) is 18.6 Å². The normalized spacial score (nSPS) is 20.7. The van der Waals surface area contributed by atoms with Gasteiger partial charge in [0.25, 0.3) is 5.91 Å². The lowest BCUT2D eigenvalue weighted by molar-refractivity contribution is -0.163. The average Bonchev–Trinajstić information content (AvgIpc) is 3.30. The van der Waals surface area contributed by atoms with Crippen molar-refractivity contribution in [1.82, 2.24) is 34.6 Å². The number of carbonyl (C=O) groups excluding carboxylic acids is 1. The van der Waals surface area contributed by atoms with Gasteiger partial charge in [0.1, 0.15) is 29.3 Å². The minimum atomic E-state index is -4.45. The van der Waals surface area contributed by atoms with Gasteiger partial charge in [0.15, 0.2) is 5.82 Å². The fraction of sp³-hybridized carbons (Fsp3) is 0.520. The Hall–Kier alpha value is -3.42. The van der Waals surface area contributed by atoms with Crippen molar-refractivity contribution < 1.29 is 18.0 Å². The molecular formula is C25H28F3N9OS. The molecule has 39 heavy (non-hydrogen) atoms. The summed E-state index contributed by atoms with van der Waals surface area (Å²) in [6.45, 7) is 2.90. The van der Waals surface area contributed by atoms with Gasteiger partial charge >= 0.3 is 6.18 Å². The van der Waals surface area contributed by atoms with Crippen molar-refractivity contribution >= 4 is 28.4 Å². The molecule has 5 heterocycles. The highest BCUT2D eigenvalue weighted by Gasteiger charge is 2.39. The van der Waals surface area contributed by atoms with Crippen molar-refractivity contribution in [2.45, 2.75) is 63.3 Å². The molecular weight excluding hydrogens is 531 g/mol. The molecule has 206 valence electrons. The summed E-state index contributed by atoms with van der Waals surface area (Å²) in [6.07, 6.45) is 7.23. The second kappa shape index (κ2) is 10.3. The Kier molecular flexibility index (Phi) is 6.81. The molecule has 2 atom stereocenters. The quantitative estimate of drug-likeness (QED) is 0.465. The van der Waals surface area contributed by atoms with Gasteiger partial charge in [-0.2, -0.15) is 13.2 Å². The van der Waals surface area contributed by atoms with Crippen molar-refractivity contribution in [3.63, 3.8) is 0 Å². The molecule has 2 aliphatic heterocycles. The molecule has 10 nitrogen and oxygen atoms in total. The van der Waals surface area contributed by atoms with Crippen LogP contribution in [0.25, 0.3) is 5.69 Å². The fourth-order valence-corrected chi connectivity index (χ4v) is 5.79. The topological polar surface area (TPSA) is 106 Å². The maximum Gasteiger partial charge on any atom is 0.408 e. The number of alkyl halides is 3. The number of carbonyl (C=O) groups is 1. The van der Waals surface area contributed by atoms with Crippen LogP contribution in [0.1, 0.15) is 73.0 Å². The van der Waals surface area contributed by atoms with Gasteiger partial charge in [-0.15, -0.1) is 10.2 Å². The van der Waals surface area contributed by atoms with Crippen LogP contribution < -0.4 is 10.2 Å². The molecule has 1 saturated carbocycles.